The van der Waals surface area contributed by atoms with Crippen LogP contribution in [0.15, 0.2) is 53.4 Å². The fraction of sp³-hybridized carbons (Fsp3) is 0.300. The number of amides is 1. The molecule has 9 heteroatoms. The number of esters is 1. The molecule has 0 unspecified atom stereocenters. The molecular formula is C20H24N2O6S. The van der Waals surface area contributed by atoms with Crippen LogP contribution in [0.2, 0.25) is 0 Å². The van der Waals surface area contributed by atoms with Gasteiger partial charge in [0.05, 0.1) is 23.3 Å². The van der Waals surface area contributed by atoms with E-state index in [1.54, 1.807) is 31.2 Å². The molecule has 0 radical (unpaired) electrons. The summed E-state index contributed by atoms with van der Waals surface area (Å²) >= 11 is 0. The smallest absolute Gasteiger partial charge is 0.338 e. The zero-order chi connectivity index (χ0) is 21.6. The summed E-state index contributed by atoms with van der Waals surface area (Å²) in [5, 5.41) is 2.55. The highest BCUT2D eigenvalue weighted by molar-refractivity contribution is 7.92. The zero-order valence-corrected chi connectivity index (χ0v) is 17.5. The summed E-state index contributed by atoms with van der Waals surface area (Å²) in [5.41, 5.74) is 0.467. The van der Waals surface area contributed by atoms with Crippen LogP contribution in [-0.4, -0.2) is 47.1 Å². The topological polar surface area (TPSA) is 102 Å². The molecule has 0 spiro atoms. The van der Waals surface area contributed by atoms with Crippen LogP contribution in [0.4, 0.5) is 5.69 Å². The summed E-state index contributed by atoms with van der Waals surface area (Å²) in [6.07, 6.45) is -0.996. The maximum Gasteiger partial charge on any atom is 0.338 e. The second-order valence-corrected chi connectivity index (χ2v) is 8.11. The summed E-state index contributed by atoms with van der Waals surface area (Å²) in [4.78, 5) is 24.0. The number of methoxy groups -OCH3 is 1. The van der Waals surface area contributed by atoms with E-state index in [1.807, 2.05) is 0 Å². The Morgan fingerprint density at radius 3 is 2.38 bits per heavy atom. The van der Waals surface area contributed by atoms with Gasteiger partial charge in [-0.3, -0.25) is 9.10 Å². The maximum absolute atomic E-state index is 13.0. The monoisotopic (exact) mass is 420 g/mol. The van der Waals surface area contributed by atoms with E-state index in [0.29, 0.717) is 18.0 Å². The molecule has 0 aliphatic heterocycles. The van der Waals surface area contributed by atoms with Gasteiger partial charge < -0.3 is 14.8 Å². The lowest BCUT2D eigenvalue weighted by Crippen LogP contribution is -2.35. The van der Waals surface area contributed by atoms with E-state index in [1.165, 1.54) is 45.3 Å². The number of nitrogens with zero attached hydrogens (tertiary/aromatic N) is 1. The average Bonchev–Trinajstić information content (AvgIpc) is 2.73. The normalized spacial score (nSPS) is 12.0. The molecule has 0 bridgehead atoms. The van der Waals surface area contributed by atoms with Crippen LogP contribution in [-0.2, 0) is 19.6 Å². The van der Waals surface area contributed by atoms with Gasteiger partial charge >= 0.3 is 5.97 Å². The Hall–Kier alpha value is -3.07. The molecule has 156 valence electrons. The van der Waals surface area contributed by atoms with Crippen molar-refractivity contribution in [1.29, 1.82) is 0 Å². The third-order valence-corrected chi connectivity index (χ3v) is 5.95. The van der Waals surface area contributed by atoms with Crippen molar-refractivity contribution in [2.24, 2.45) is 0 Å². The standard InChI is InChI=1S/C20H24N2O6S/c1-5-21-19(23)14(2)28-20(24)15-7-6-8-18(13-15)29(25,26)22(3)16-9-11-17(27-4)12-10-16/h6-14H,5H2,1-4H3,(H,21,23)/t14-/m0/s1. The fourth-order valence-electron chi connectivity index (χ4n) is 2.47. The first-order chi connectivity index (χ1) is 13.7. The van der Waals surface area contributed by atoms with Crippen LogP contribution >= 0.6 is 0 Å². The second-order valence-electron chi connectivity index (χ2n) is 6.14. The third kappa shape index (κ3) is 5.26. The Labute approximate surface area is 170 Å². The quantitative estimate of drug-likeness (QED) is 0.657. The van der Waals surface area contributed by atoms with Gasteiger partial charge in [0.15, 0.2) is 6.10 Å². The van der Waals surface area contributed by atoms with E-state index in [2.05, 4.69) is 5.32 Å². The lowest BCUT2D eigenvalue weighted by atomic mass is 10.2. The maximum atomic E-state index is 13.0. The van der Waals surface area contributed by atoms with Crippen molar-refractivity contribution in [2.45, 2.75) is 24.8 Å². The number of sulfonamides is 1. The van der Waals surface area contributed by atoms with E-state index in [0.717, 1.165) is 4.31 Å². The fourth-order valence-corrected chi connectivity index (χ4v) is 3.71. The van der Waals surface area contributed by atoms with Gasteiger partial charge in [0.2, 0.25) is 0 Å². The van der Waals surface area contributed by atoms with E-state index in [9.17, 15) is 18.0 Å². The molecule has 2 rings (SSSR count). The van der Waals surface area contributed by atoms with Crippen LogP contribution in [0.5, 0.6) is 5.75 Å². The van der Waals surface area contributed by atoms with E-state index in [4.69, 9.17) is 9.47 Å². The minimum absolute atomic E-state index is 0.0327. The lowest BCUT2D eigenvalue weighted by molar-refractivity contribution is -0.128. The molecule has 1 amide bonds. The number of rotatable bonds is 8. The van der Waals surface area contributed by atoms with E-state index in [-0.39, 0.29) is 10.5 Å². The van der Waals surface area contributed by atoms with Gasteiger partial charge in [0, 0.05) is 13.6 Å². The number of anilines is 1. The van der Waals surface area contributed by atoms with Gasteiger partial charge in [-0.1, -0.05) is 6.07 Å². The zero-order valence-electron chi connectivity index (χ0n) is 16.7. The minimum atomic E-state index is -3.92. The summed E-state index contributed by atoms with van der Waals surface area (Å²) in [6, 6.07) is 12.0. The van der Waals surface area contributed by atoms with Crippen molar-refractivity contribution in [3.05, 3.63) is 54.1 Å². The minimum Gasteiger partial charge on any atom is -0.497 e. The van der Waals surface area contributed by atoms with Gasteiger partial charge in [0.1, 0.15) is 5.75 Å². The highest BCUT2D eigenvalue weighted by Crippen LogP contribution is 2.25. The van der Waals surface area contributed by atoms with Crippen molar-refractivity contribution >= 4 is 27.6 Å². The van der Waals surface area contributed by atoms with Crippen molar-refractivity contribution in [2.75, 3.05) is 25.0 Å². The molecule has 0 saturated heterocycles. The van der Waals surface area contributed by atoms with E-state index >= 15 is 0 Å². The van der Waals surface area contributed by atoms with Gasteiger partial charge in [-0.25, -0.2) is 13.2 Å². The summed E-state index contributed by atoms with van der Waals surface area (Å²) in [6.45, 7) is 3.60. The number of hydrogen-bond donors (Lipinski definition) is 1. The molecule has 29 heavy (non-hydrogen) atoms. The number of likely N-dealkylation sites (N-methyl/N-ethyl adjacent to an activating group) is 1. The van der Waals surface area contributed by atoms with Crippen LogP contribution in [0.25, 0.3) is 0 Å². The molecule has 8 nitrogen and oxygen atoms in total. The summed E-state index contributed by atoms with van der Waals surface area (Å²) < 4.78 is 37.2. The average molecular weight is 420 g/mol. The molecule has 0 aliphatic rings. The Bertz CT molecular complexity index is 973. The van der Waals surface area contributed by atoms with Crippen molar-refractivity contribution < 1.29 is 27.5 Å². The summed E-state index contributed by atoms with van der Waals surface area (Å²) in [7, 11) is -0.979. The lowest BCUT2D eigenvalue weighted by Gasteiger charge is -2.20. The predicted molar refractivity (Wildman–Crippen MR) is 109 cm³/mol. The van der Waals surface area contributed by atoms with Gasteiger partial charge in [-0.05, 0) is 56.3 Å². The highest BCUT2D eigenvalue weighted by atomic mass is 32.2. The number of benzene rings is 2. The molecule has 1 atom stereocenters. The van der Waals surface area contributed by atoms with Gasteiger partial charge in [-0.2, -0.15) is 0 Å². The van der Waals surface area contributed by atoms with Crippen molar-refractivity contribution in [3.8, 4) is 5.75 Å². The molecule has 2 aromatic carbocycles. The largest absolute Gasteiger partial charge is 0.497 e. The highest BCUT2D eigenvalue weighted by Gasteiger charge is 2.24. The molecule has 0 aliphatic carbocycles. The molecule has 1 N–H and O–H groups in total. The van der Waals surface area contributed by atoms with Crippen LogP contribution in [0, 0.1) is 0 Å². The number of ether oxygens (including phenoxy) is 2. The molecule has 0 aromatic heterocycles. The molecule has 0 fully saturated rings. The number of hydrogen-bond acceptors (Lipinski definition) is 6. The molecule has 2 aromatic rings. The Kier molecular flexibility index (Phi) is 7.22. The first-order valence-electron chi connectivity index (χ1n) is 8.92. The number of carbonyl (C=O) groups excluding carboxylic acids is 2. The molecule has 0 heterocycles. The van der Waals surface area contributed by atoms with Crippen LogP contribution < -0.4 is 14.4 Å². The number of nitrogens with one attached hydrogen (secondary N) is 1. The first kappa shape index (κ1) is 22.2. The van der Waals surface area contributed by atoms with Crippen LogP contribution in [0.3, 0.4) is 0 Å². The number of carbonyl (C=O) groups is 2. The first-order valence-corrected chi connectivity index (χ1v) is 10.4. The molecule has 0 saturated carbocycles. The van der Waals surface area contributed by atoms with Crippen molar-refractivity contribution in [1.82, 2.24) is 5.32 Å². The Balaban J connectivity index is 2.24. The Morgan fingerprint density at radius 2 is 1.79 bits per heavy atom. The van der Waals surface area contributed by atoms with Gasteiger partial charge in [0.25, 0.3) is 15.9 Å². The van der Waals surface area contributed by atoms with Crippen molar-refractivity contribution in [3.63, 3.8) is 0 Å². The SMILES string of the molecule is CCNC(=O)[C@H](C)OC(=O)c1cccc(S(=O)(=O)N(C)c2ccc(OC)cc2)c1. The van der Waals surface area contributed by atoms with E-state index < -0.39 is 28.0 Å². The second kappa shape index (κ2) is 9.42. The van der Waals surface area contributed by atoms with Gasteiger partial charge in [-0.15, -0.1) is 0 Å². The summed E-state index contributed by atoms with van der Waals surface area (Å²) in [5.74, 6) is -0.609. The predicted octanol–water partition coefficient (Wildman–Crippen LogP) is 2.20. The Morgan fingerprint density at radius 1 is 1.14 bits per heavy atom. The van der Waals surface area contributed by atoms with Crippen LogP contribution in [0.1, 0.15) is 24.2 Å². The third-order valence-electron chi connectivity index (χ3n) is 4.17. The molecular weight excluding hydrogens is 396 g/mol.